The molecule has 0 spiro atoms. The van der Waals surface area contributed by atoms with Crippen LogP contribution in [0.4, 0.5) is 5.13 Å². The second kappa shape index (κ2) is 6.65. The van der Waals surface area contributed by atoms with E-state index >= 15 is 0 Å². The Balaban J connectivity index is 1.68. The van der Waals surface area contributed by atoms with Gasteiger partial charge in [0.2, 0.25) is 16.9 Å². The number of nitrogen functional groups attached to an aromatic ring is 1. The Kier molecular flexibility index (Phi) is 4.89. The van der Waals surface area contributed by atoms with Crippen molar-refractivity contribution in [3.8, 4) is 0 Å². The van der Waals surface area contributed by atoms with Crippen LogP contribution in [0.15, 0.2) is 0 Å². The van der Waals surface area contributed by atoms with Crippen LogP contribution in [0.3, 0.4) is 0 Å². The number of nitrogens with two attached hydrogens (primary N) is 1. The molecule has 110 valence electrons. The number of aromatic nitrogens is 2. The third-order valence-electron chi connectivity index (χ3n) is 3.21. The van der Waals surface area contributed by atoms with Crippen molar-refractivity contribution in [2.75, 3.05) is 18.8 Å². The van der Waals surface area contributed by atoms with E-state index in [2.05, 4.69) is 15.5 Å². The van der Waals surface area contributed by atoms with Gasteiger partial charge < -0.3 is 16.0 Å². The van der Waals surface area contributed by atoms with Crippen LogP contribution >= 0.6 is 11.3 Å². The smallest absolute Gasteiger partial charge is 0.222 e. The average Bonchev–Trinajstić information content (AvgIpc) is 2.99. The van der Waals surface area contributed by atoms with Gasteiger partial charge in [-0.05, 0) is 19.8 Å². The Bertz CT molecular complexity index is 490. The van der Waals surface area contributed by atoms with Gasteiger partial charge in [0.25, 0.3) is 0 Å². The van der Waals surface area contributed by atoms with E-state index < -0.39 is 0 Å². The number of amides is 2. The van der Waals surface area contributed by atoms with Crippen molar-refractivity contribution in [1.29, 1.82) is 0 Å². The van der Waals surface area contributed by atoms with Crippen molar-refractivity contribution in [2.24, 2.45) is 0 Å². The molecule has 1 fully saturated rings. The van der Waals surface area contributed by atoms with E-state index in [1.807, 2.05) is 11.8 Å². The maximum Gasteiger partial charge on any atom is 0.222 e. The molecule has 2 rings (SSSR count). The summed E-state index contributed by atoms with van der Waals surface area (Å²) in [6.07, 6.45) is 2.66. The fourth-order valence-electron chi connectivity index (χ4n) is 2.17. The van der Waals surface area contributed by atoms with E-state index in [4.69, 9.17) is 5.73 Å². The molecular weight excluding hydrogens is 278 g/mol. The summed E-state index contributed by atoms with van der Waals surface area (Å²) in [7, 11) is 0. The second-order valence-corrected chi connectivity index (χ2v) is 5.90. The highest BCUT2D eigenvalue weighted by Crippen LogP contribution is 2.19. The molecule has 0 aromatic carbocycles. The van der Waals surface area contributed by atoms with Gasteiger partial charge in [0.15, 0.2) is 0 Å². The van der Waals surface area contributed by atoms with Crippen LogP contribution in [0, 0.1) is 0 Å². The first kappa shape index (κ1) is 14.7. The first-order valence-electron chi connectivity index (χ1n) is 6.72. The Labute approximate surface area is 121 Å². The molecule has 1 atom stereocenters. The van der Waals surface area contributed by atoms with Crippen molar-refractivity contribution in [3.63, 3.8) is 0 Å². The Hall–Kier alpha value is -1.70. The SMILES string of the molecule is C[C@H](NC(=O)CCCN1CCCC1=O)c1nnc(N)s1. The molecule has 0 bridgehead atoms. The highest BCUT2D eigenvalue weighted by atomic mass is 32.1. The molecule has 20 heavy (non-hydrogen) atoms. The number of nitrogens with zero attached hydrogens (tertiary/aromatic N) is 3. The molecule has 0 unspecified atom stereocenters. The third kappa shape index (κ3) is 3.89. The van der Waals surface area contributed by atoms with Crippen molar-refractivity contribution in [1.82, 2.24) is 20.4 Å². The Morgan fingerprint density at radius 3 is 2.95 bits per heavy atom. The van der Waals surface area contributed by atoms with Crippen molar-refractivity contribution in [2.45, 2.75) is 38.6 Å². The number of hydrogen-bond acceptors (Lipinski definition) is 6. The number of rotatable bonds is 6. The van der Waals surface area contributed by atoms with Gasteiger partial charge in [0, 0.05) is 25.9 Å². The summed E-state index contributed by atoms with van der Waals surface area (Å²) in [6, 6.07) is -0.189. The minimum Gasteiger partial charge on any atom is -0.374 e. The van der Waals surface area contributed by atoms with E-state index in [-0.39, 0.29) is 17.9 Å². The van der Waals surface area contributed by atoms with Crippen LogP contribution in [0.2, 0.25) is 0 Å². The summed E-state index contributed by atoms with van der Waals surface area (Å²) >= 11 is 1.27. The standard InChI is InChI=1S/C12H19N5O2S/c1-8(11-15-16-12(13)20-11)14-9(18)4-2-6-17-7-3-5-10(17)19/h8H,2-7H2,1H3,(H2,13,16)(H,14,18)/t8-/m0/s1. The second-order valence-electron chi connectivity index (χ2n) is 4.86. The lowest BCUT2D eigenvalue weighted by molar-refractivity contribution is -0.128. The molecule has 7 nitrogen and oxygen atoms in total. The molecule has 0 aliphatic carbocycles. The number of carbonyl (C=O) groups is 2. The summed E-state index contributed by atoms with van der Waals surface area (Å²) in [5, 5.41) is 11.6. The van der Waals surface area contributed by atoms with Crippen LogP contribution in [0.5, 0.6) is 0 Å². The van der Waals surface area contributed by atoms with Gasteiger partial charge in [-0.25, -0.2) is 0 Å². The first-order valence-corrected chi connectivity index (χ1v) is 7.54. The molecule has 3 N–H and O–H groups in total. The lowest BCUT2D eigenvalue weighted by atomic mass is 10.2. The van der Waals surface area contributed by atoms with Gasteiger partial charge in [-0.3, -0.25) is 9.59 Å². The molecule has 1 saturated heterocycles. The van der Waals surface area contributed by atoms with Gasteiger partial charge >= 0.3 is 0 Å². The quantitative estimate of drug-likeness (QED) is 0.805. The largest absolute Gasteiger partial charge is 0.374 e. The van der Waals surface area contributed by atoms with E-state index in [0.29, 0.717) is 35.9 Å². The van der Waals surface area contributed by atoms with Crippen LogP contribution in [-0.2, 0) is 9.59 Å². The lowest BCUT2D eigenvalue weighted by Gasteiger charge is -2.15. The molecule has 2 heterocycles. The molecule has 1 aliphatic rings. The highest BCUT2D eigenvalue weighted by Gasteiger charge is 2.20. The van der Waals surface area contributed by atoms with Crippen molar-refractivity contribution < 1.29 is 9.59 Å². The first-order chi connectivity index (χ1) is 9.56. The topological polar surface area (TPSA) is 101 Å². The molecular formula is C12H19N5O2S. The van der Waals surface area contributed by atoms with E-state index in [9.17, 15) is 9.59 Å². The molecule has 0 radical (unpaired) electrons. The van der Waals surface area contributed by atoms with Crippen LogP contribution in [0.25, 0.3) is 0 Å². The van der Waals surface area contributed by atoms with Gasteiger partial charge in [0.05, 0.1) is 6.04 Å². The average molecular weight is 297 g/mol. The monoisotopic (exact) mass is 297 g/mol. The summed E-state index contributed by atoms with van der Waals surface area (Å²) in [6.45, 7) is 3.33. The Morgan fingerprint density at radius 2 is 2.35 bits per heavy atom. The lowest BCUT2D eigenvalue weighted by Crippen LogP contribution is -2.29. The van der Waals surface area contributed by atoms with Crippen LogP contribution < -0.4 is 11.1 Å². The zero-order chi connectivity index (χ0) is 14.5. The van der Waals surface area contributed by atoms with Crippen LogP contribution in [0.1, 0.15) is 43.7 Å². The zero-order valence-electron chi connectivity index (χ0n) is 11.5. The summed E-state index contributed by atoms with van der Waals surface area (Å²) < 4.78 is 0. The summed E-state index contributed by atoms with van der Waals surface area (Å²) in [4.78, 5) is 25.0. The molecule has 1 aliphatic heterocycles. The van der Waals surface area contributed by atoms with Gasteiger partial charge in [-0.1, -0.05) is 11.3 Å². The third-order valence-corrected chi connectivity index (χ3v) is 4.14. The molecule has 1 aromatic heterocycles. The Morgan fingerprint density at radius 1 is 1.55 bits per heavy atom. The van der Waals surface area contributed by atoms with Crippen molar-refractivity contribution in [3.05, 3.63) is 5.01 Å². The fourth-order valence-corrected chi connectivity index (χ4v) is 2.78. The predicted octanol–water partition coefficient (Wildman–Crippen LogP) is 0.700. The molecule has 8 heteroatoms. The predicted molar refractivity (Wildman–Crippen MR) is 75.9 cm³/mol. The molecule has 1 aromatic rings. The number of carbonyl (C=O) groups excluding carboxylic acids is 2. The number of nitrogens with one attached hydrogen (secondary N) is 1. The van der Waals surface area contributed by atoms with Crippen molar-refractivity contribution >= 4 is 28.3 Å². The maximum atomic E-state index is 11.8. The van der Waals surface area contributed by atoms with E-state index in [0.717, 1.165) is 13.0 Å². The zero-order valence-corrected chi connectivity index (χ0v) is 12.3. The molecule has 0 saturated carbocycles. The van der Waals surface area contributed by atoms with Gasteiger partial charge in [-0.15, -0.1) is 10.2 Å². The number of anilines is 1. The normalized spacial score (nSPS) is 16.4. The minimum absolute atomic E-state index is 0.0436. The minimum atomic E-state index is -0.189. The highest BCUT2D eigenvalue weighted by molar-refractivity contribution is 7.15. The molecule has 2 amide bonds. The van der Waals surface area contributed by atoms with E-state index in [1.165, 1.54) is 11.3 Å². The van der Waals surface area contributed by atoms with E-state index in [1.54, 1.807) is 0 Å². The number of likely N-dealkylation sites (tertiary alicyclic amines) is 1. The maximum absolute atomic E-state index is 11.8. The number of hydrogen-bond donors (Lipinski definition) is 2. The van der Waals surface area contributed by atoms with Crippen LogP contribution in [-0.4, -0.2) is 40.0 Å². The van der Waals surface area contributed by atoms with Gasteiger partial charge in [0.1, 0.15) is 5.01 Å². The summed E-state index contributed by atoms with van der Waals surface area (Å²) in [5.74, 6) is 0.154. The van der Waals surface area contributed by atoms with Gasteiger partial charge in [-0.2, -0.15) is 0 Å². The fraction of sp³-hybridized carbons (Fsp3) is 0.667. The summed E-state index contributed by atoms with van der Waals surface area (Å²) in [5.41, 5.74) is 5.51.